The number of halogens is 1. The fraction of sp³-hybridized carbons (Fsp3) is 0.462. The van der Waals surface area contributed by atoms with Crippen molar-refractivity contribution in [3.63, 3.8) is 0 Å². The molecule has 2 N–H and O–H groups in total. The summed E-state index contributed by atoms with van der Waals surface area (Å²) in [5.41, 5.74) is 0. The first-order valence-corrected chi connectivity index (χ1v) is 7.24. The lowest BCUT2D eigenvalue weighted by Gasteiger charge is -2.12. The van der Waals surface area contributed by atoms with Crippen LogP contribution in [0.25, 0.3) is 0 Å². The van der Waals surface area contributed by atoms with E-state index >= 15 is 0 Å². The van der Waals surface area contributed by atoms with Crippen LogP contribution >= 0.6 is 23.4 Å². The van der Waals surface area contributed by atoms with Gasteiger partial charge in [0.25, 0.3) is 0 Å². The molecule has 1 atom stereocenters. The molecular formula is C13H19ClN2OS. The van der Waals surface area contributed by atoms with Gasteiger partial charge < -0.3 is 10.6 Å². The summed E-state index contributed by atoms with van der Waals surface area (Å²) in [5, 5.41) is 6.51. The minimum atomic E-state index is -0.139. The van der Waals surface area contributed by atoms with E-state index in [1.54, 1.807) is 0 Å². The maximum atomic E-state index is 11.8. The van der Waals surface area contributed by atoms with Crippen LogP contribution in [0.1, 0.15) is 13.3 Å². The van der Waals surface area contributed by atoms with E-state index in [4.69, 9.17) is 11.6 Å². The van der Waals surface area contributed by atoms with Gasteiger partial charge in [-0.3, -0.25) is 4.79 Å². The lowest BCUT2D eigenvalue weighted by molar-refractivity contribution is -0.120. The number of carbonyl (C=O) groups excluding carboxylic acids is 1. The summed E-state index contributed by atoms with van der Waals surface area (Å²) < 4.78 is 0. The van der Waals surface area contributed by atoms with Crippen LogP contribution in [0.3, 0.4) is 0 Å². The van der Waals surface area contributed by atoms with Gasteiger partial charge in [0.15, 0.2) is 0 Å². The van der Waals surface area contributed by atoms with Crippen molar-refractivity contribution < 1.29 is 4.79 Å². The van der Waals surface area contributed by atoms with E-state index < -0.39 is 0 Å². The molecule has 3 nitrogen and oxygen atoms in total. The first kappa shape index (κ1) is 15.3. The summed E-state index contributed by atoms with van der Waals surface area (Å²) in [7, 11) is 1.90. The molecule has 0 fully saturated rings. The van der Waals surface area contributed by atoms with Gasteiger partial charge in [-0.1, -0.05) is 23.7 Å². The van der Waals surface area contributed by atoms with Crippen molar-refractivity contribution >= 4 is 29.3 Å². The summed E-state index contributed by atoms with van der Waals surface area (Å²) in [6.07, 6.45) is 0.936. The molecule has 0 saturated carbocycles. The summed E-state index contributed by atoms with van der Waals surface area (Å²) in [4.78, 5) is 12.8. The van der Waals surface area contributed by atoms with E-state index in [-0.39, 0.29) is 11.2 Å². The molecule has 1 aromatic rings. The zero-order valence-electron chi connectivity index (χ0n) is 10.7. The monoisotopic (exact) mass is 286 g/mol. The van der Waals surface area contributed by atoms with Crippen molar-refractivity contribution in [2.75, 3.05) is 20.1 Å². The van der Waals surface area contributed by atoms with E-state index in [2.05, 4.69) is 10.6 Å². The Morgan fingerprint density at radius 2 is 2.11 bits per heavy atom. The van der Waals surface area contributed by atoms with Crippen molar-refractivity contribution in [3.05, 3.63) is 29.3 Å². The maximum absolute atomic E-state index is 11.8. The molecule has 1 aromatic carbocycles. The van der Waals surface area contributed by atoms with Crippen LogP contribution in [0, 0.1) is 0 Å². The second-order valence-electron chi connectivity index (χ2n) is 3.94. The second kappa shape index (κ2) is 8.40. The lowest BCUT2D eigenvalue weighted by Crippen LogP contribution is -2.32. The molecule has 0 aliphatic carbocycles. The van der Waals surface area contributed by atoms with Gasteiger partial charge >= 0.3 is 0 Å². The molecule has 0 bridgehead atoms. The Labute approximate surface area is 118 Å². The molecule has 18 heavy (non-hydrogen) atoms. The van der Waals surface area contributed by atoms with Gasteiger partial charge in [0, 0.05) is 11.4 Å². The van der Waals surface area contributed by atoms with Crippen molar-refractivity contribution in [2.24, 2.45) is 0 Å². The minimum absolute atomic E-state index is 0.0519. The van der Waals surface area contributed by atoms with Crippen LogP contribution in [-0.2, 0) is 4.79 Å². The molecule has 0 saturated heterocycles. The zero-order valence-corrected chi connectivity index (χ0v) is 12.3. The van der Waals surface area contributed by atoms with Crippen LogP contribution in [0.4, 0.5) is 0 Å². The molecule has 5 heteroatoms. The van der Waals surface area contributed by atoms with Gasteiger partial charge in [-0.15, -0.1) is 11.8 Å². The molecular weight excluding hydrogens is 268 g/mol. The second-order valence-corrected chi connectivity index (χ2v) is 5.73. The zero-order chi connectivity index (χ0) is 13.4. The van der Waals surface area contributed by atoms with Crippen LogP contribution in [0.5, 0.6) is 0 Å². The fourth-order valence-electron chi connectivity index (χ4n) is 1.40. The highest BCUT2D eigenvalue weighted by molar-refractivity contribution is 8.00. The maximum Gasteiger partial charge on any atom is 0.233 e. The van der Waals surface area contributed by atoms with E-state index in [0.717, 1.165) is 17.9 Å². The van der Waals surface area contributed by atoms with Crippen molar-refractivity contribution in [3.8, 4) is 0 Å². The molecule has 0 aliphatic rings. The third-order valence-corrected chi connectivity index (χ3v) is 4.03. The first-order chi connectivity index (χ1) is 8.65. The Morgan fingerprint density at radius 3 is 2.78 bits per heavy atom. The molecule has 100 valence electrons. The molecule has 1 amide bonds. The Morgan fingerprint density at radius 1 is 1.39 bits per heavy atom. The summed E-state index contributed by atoms with van der Waals surface area (Å²) in [5.74, 6) is 0.0519. The highest BCUT2D eigenvalue weighted by Crippen LogP contribution is 2.29. The average molecular weight is 287 g/mol. The first-order valence-electron chi connectivity index (χ1n) is 5.98. The van der Waals surface area contributed by atoms with Crippen LogP contribution in [0.2, 0.25) is 5.02 Å². The summed E-state index contributed by atoms with van der Waals surface area (Å²) in [6.45, 7) is 3.50. The van der Waals surface area contributed by atoms with Crippen LogP contribution < -0.4 is 10.6 Å². The van der Waals surface area contributed by atoms with Crippen LogP contribution in [-0.4, -0.2) is 31.3 Å². The number of hydrogen-bond donors (Lipinski definition) is 2. The summed E-state index contributed by atoms with van der Waals surface area (Å²) in [6, 6.07) is 7.57. The summed E-state index contributed by atoms with van der Waals surface area (Å²) >= 11 is 7.54. The largest absolute Gasteiger partial charge is 0.355 e. The lowest BCUT2D eigenvalue weighted by atomic mass is 10.4. The van der Waals surface area contributed by atoms with Crippen molar-refractivity contribution in [1.82, 2.24) is 10.6 Å². The quantitative estimate of drug-likeness (QED) is 0.598. The van der Waals surface area contributed by atoms with Gasteiger partial charge in [0.1, 0.15) is 0 Å². The van der Waals surface area contributed by atoms with E-state index in [1.807, 2.05) is 38.2 Å². The Bertz CT molecular complexity index is 387. The number of hydrogen-bond acceptors (Lipinski definition) is 3. The minimum Gasteiger partial charge on any atom is -0.355 e. The SMILES string of the molecule is CNCCCNC(=O)C(C)Sc1ccccc1Cl. The molecule has 0 radical (unpaired) electrons. The normalized spacial score (nSPS) is 12.2. The molecule has 0 spiro atoms. The number of thioether (sulfide) groups is 1. The third kappa shape index (κ3) is 5.29. The van der Waals surface area contributed by atoms with Gasteiger partial charge in [-0.25, -0.2) is 0 Å². The van der Waals surface area contributed by atoms with E-state index in [9.17, 15) is 4.79 Å². The number of benzene rings is 1. The highest BCUT2D eigenvalue weighted by atomic mass is 35.5. The van der Waals surface area contributed by atoms with Crippen LogP contribution in [0.15, 0.2) is 29.2 Å². The number of carbonyl (C=O) groups is 1. The van der Waals surface area contributed by atoms with Gasteiger partial charge in [-0.05, 0) is 39.1 Å². The standard InChI is InChI=1S/C13H19ClN2OS/c1-10(13(17)16-9-5-8-15-2)18-12-7-4-3-6-11(12)14/h3-4,6-7,10,15H,5,8-9H2,1-2H3,(H,16,17). The van der Waals surface area contributed by atoms with Gasteiger partial charge in [-0.2, -0.15) is 0 Å². The molecule has 0 heterocycles. The smallest absolute Gasteiger partial charge is 0.233 e. The molecule has 0 aromatic heterocycles. The van der Waals surface area contributed by atoms with E-state index in [0.29, 0.717) is 11.6 Å². The van der Waals surface area contributed by atoms with Crippen molar-refractivity contribution in [2.45, 2.75) is 23.5 Å². The predicted molar refractivity (Wildman–Crippen MR) is 78.3 cm³/mol. The molecule has 1 unspecified atom stereocenters. The Balaban J connectivity index is 2.38. The number of nitrogens with one attached hydrogen (secondary N) is 2. The van der Waals surface area contributed by atoms with E-state index in [1.165, 1.54) is 11.8 Å². The third-order valence-electron chi connectivity index (χ3n) is 2.41. The Hall–Kier alpha value is -0.710. The number of amides is 1. The molecule has 0 aliphatic heterocycles. The van der Waals surface area contributed by atoms with Gasteiger partial charge in [0.05, 0.1) is 10.3 Å². The Kier molecular flexibility index (Phi) is 7.16. The highest BCUT2D eigenvalue weighted by Gasteiger charge is 2.14. The van der Waals surface area contributed by atoms with Crippen molar-refractivity contribution in [1.29, 1.82) is 0 Å². The fourth-order valence-corrected chi connectivity index (χ4v) is 2.58. The topological polar surface area (TPSA) is 41.1 Å². The predicted octanol–water partition coefficient (Wildman–Crippen LogP) is 2.55. The average Bonchev–Trinajstić information content (AvgIpc) is 2.37. The number of rotatable bonds is 7. The van der Waals surface area contributed by atoms with Gasteiger partial charge in [0.2, 0.25) is 5.91 Å². The molecule has 1 rings (SSSR count).